The minimum Gasteiger partial charge on any atom is -0.465 e. The molecule has 0 atom stereocenters. The zero-order valence-electron chi connectivity index (χ0n) is 10.3. The van der Waals surface area contributed by atoms with Crippen molar-refractivity contribution in [2.75, 3.05) is 14.2 Å². The van der Waals surface area contributed by atoms with Crippen LogP contribution in [0.5, 0.6) is 5.75 Å². The lowest BCUT2D eigenvalue weighted by atomic mass is 10.1. The van der Waals surface area contributed by atoms with Gasteiger partial charge >= 0.3 is 17.4 Å². The first-order valence-electron chi connectivity index (χ1n) is 5.01. The van der Waals surface area contributed by atoms with Gasteiger partial charge in [0.05, 0.1) is 25.3 Å². The zero-order chi connectivity index (χ0) is 15.3. The summed E-state index contributed by atoms with van der Waals surface area (Å²) >= 11 is -0.762. The van der Waals surface area contributed by atoms with E-state index in [0.717, 1.165) is 32.4 Å². The van der Waals surface area contributed by atoms with E-state index in [-0.39, 0.29) is 16.9 Å². The monoisotopic (exact) mass is 310 g/mol. The maximum atomic E-state index is 12.0. The van der Waals surface area contributed by atoms with E-state index in [1.54, 1.807) is 0 Å². The van der Waals surface area contributed by atoms with Crippen molar-refractivity contribution in [1.82, 2.24) is 0 Å². The molecule has 1 aromatic rings. The standard InChI is InChI=1S/C11H9F3O5S/c1-17-9(15)6-3-7(10(16)18-2)5-8(4-6)19-20-11(12,13)14/h3-5H,1-2H3. The molecule has 0 aliphatic carbocycles. The smallest absolute Gasteiger partial charge is 0.465 e. The van der Waals surface area contributed by atoms with Gasteiger partial charge in [-0.15, -0.1) is 0 Å². The third-order valence-electron chi connectivity index (χ3n) is 1.98. The van der Waals surface area contributed by atoms with Gasteiger partial charge in [0.25, 0.3) is 0 Å². The summed E-state index contributed by atoms with van der Waals surface area (Å²) < 4.78 is 49.4. The van der Waals surface area contributed by atoms with Gasteiger partial charge in [0.15, 0.2) is 12.0 Å². The van der Waals surface area contributed by atoms with Crippen LogP contribution in [0.25, 0.3) is 0 Å². The molecule has 0 heterocycles. The number of esters is 2. The molecule has 0 N–H and O–H groups in total. The van der Waals surface area contributed by atoms with E-state index in [0.29, 0.717) is 0 Å². The van der Waals surface area contributed by atoms with Crippen molar-refractivity contribution >= 4 is 24.0 Å². The second-order valence-electron chi connectivity index (χ2n) is 3.34. The number of ether oxygens (including phenoxy) is 2. The number of halogens is 3. The van der Waals surface area contributed by atoms with Crippen molar-refractivity contribution in [2.24, 2.45) is 0 Å². The number of alkyl halides is 3. The summed E-state index contributed by atoms with van der Waals surface area (Å²) in [5.41, 5.74) is -4.88. The van der Waals surface area contributed by atoms with E-state index in [4.69, 9.17) is 0 Å². The fourth-order valence-corrected chi connectivity index (χ4v) is 1.50. The summed E-state index contributed by atoms with van der Waals surface area (Å²) in [4.78, 5) is 22.7. The molecule has 5 nitrogen and oxygen atoms in total. The van der Waals surface area contributed by atoms with Crippen LogP contribution in [0.4, 0.5) is 13.2 Å². The van der Waals surface area contributed by atoms with Crippen LogP contribution in [-0.4, -0.2) is 31.7 Å². The number of hydrogen-bond donors (Lipinski definition) is 0. The van der Waals surface area contributed by atoms with Crippen molar-refractivity contribution in [3.05, 3.63) is 29.3 Å². The van der Waals surface area contributed by atoms with Crippen LogP contribution in [0.1, 0.15) is 20.7 Å². The minimum atomic E-state index is -4.62. The molecule has 1 aromatic carbocycles. The van der Waals surface area contributed by atoms with Gasteiger partial charge in [-0.3, -0.25) is 0 Å². The molecular formula is C11H9F3O5S. The minimum absolute atomic E-state index is 0.131. The highest BCUT2D eigenvalue weighted by Gasteiger charge is 2.31. The summed E-state index contributed by atoms with van der Waals surface area (Å²) in [7, 11) is 2.19. The summed E-state index contributed by atoms with van der Waals surface area (Å²) in [5.74, 6) is -1.97. The van der Waals surface area contributed by atoms with E-state index < -0.39 is 29.5 Å². The average molecular weight is 310 g/mol. The Kier molecular flexibility index (Phi) is 5.26. The molecule has 110 valence electrons. The van der Waals surface area contributed by atoms with Crippen molar-refractivity contribution in [3.63, 3.8) is 0 Å². The molecule has 1 rings (SSSR count). The van der Waals surface area contributed by atoms with Gasteiger partial charge in [0.1, 0.15) is 5.75 Å². The molecule has 0 bridgehead atoms. The first-order chi connectivity index (χ1) is 9.26. The zero-order valence-corrected chi connectivity index (χ0v) is 11.1. The van der Waals surface area contributed by atoms with Crippen molar-refractivity contribution in [1.29, 1.82) is 0 Å². The SMILES string of the molecule is COC(=O)c1cc(OSC(F)(F)F)cc(C(=O)OC)c1. The molecule has 9 heteroatoms. The fraction of sp³-hybridized carbons (Fsp3) is 0.273. The largest absolute Gasteiger partial charge is 0.479 e. The number of benzene rings is 1. The number of methoxy groups -OCH3 is 2. The lowest BCUT2D eigenvalue weighted by molar-refractivity contribution is -0.0369. The molecule has 0 amide bonds. The van der Waals surface area contributed by atoms with Crippen LogP contribution in [-0.2, 0) is 9.47 Å². The topological polar surface area (TPSA) is 61.8 Å². The quantitative estimate of drug-likeness (QED) is 0.629. The Balaban J connectivity index is 3.10. The van der Waals surface area contributed by atoms with Gasteiger partial charge in [0.2, 0.25) is 0 Å². The van der Waals surface area contributed by atoms with Crippen LogP contribution in [0, 0.1) is 0 Å². The molecule has 0 aliphatic rings. The van der Waals surface area contributed by atoms with Crippen LogP contribution in [0.15, 0.2) is 18.2 Å². The van der Waals surface area contributed by atoms with Gasteiger partial charge in [-0.2, -0.15) is 13.2 Å². The highest BCUT2D eigenvalue weighted by Crippen LogP contribution is 2.33. The predicted octanol–water partition coefficient (Wildman–Crippen LogP) is 2.81. The highest BCUT2D eigenvalue weighted by molar-refractivity contribution is 7.95. The van der Waals surface area contributed by atoms with Crippen molar-refractivity contribution in [3.8, 4) is 5.75 Å². The molecule has 0 radical (unpaired) electrons. The molecule has 0 aliphatic heterocycles. The Labute approximate surface area is 116 Å². The Morgan fingerprint density at radius 3 is 1.80 bits per heavy atom. The highest BCUT2D eigenvalue weighted by atomic mass is 32.2. The lowest BCUT2D eigenvalue weighted by Crippen LogP contribution is -2.08. The summed E-state index contributed by atoms with van der Waals surface area (Å²) in [6.07, 6.45) is 0. The normalized spacial score (nSPS) is 10.8. The van der Waals surface area contributed by atoms with Crippen LogP contribution < -0.4 is 4.18 Å². The summed E-state index contributed by atoms with van der Waals surface area (Å²) in [6.45, 7) is 0. The van der Waals surface area contributed by atoms with Gasteiger partial charge in [-0.1, -0.05) is 0 Å². The molecule has 20 heavy (non-hydrogen) atoms. The Bertz CT molecular complexity index is 481. The second-order valence-corrected chi connectivity index (χ2v) is 4.14. The lowest BCUT2D eigenvalue weighted by Gasteiger charge is -2.09. The van der Waals surface area contributed by atoms with Crippen LogP contribution in [0.2, 0.25) is 0 Å². The van der Waals surface area contributed by atoms with Gasteiger partial charge in [-0.25, -0.2) is 9.59 Å². The van der Waals surface area contributed by atoms with Crippen LogP contribution in [0.3, 0.4) is 0 Å². The Hall–Kier alpha value is -1.90. The third-order valence-corrected chi connectivity index (χ3v) is 2.45. The van der Waals surface area contributed by atoms with E-state index in [1.165, 1.54) is 0 Å². The van der Waals surface area contributed by atoms with E-state index in [2.05, 4.69) is 13.7 Å². The molecule has 0 fully saturated rings. The molecular weight excluding hydrogens is 301 g/mol. The number of rotatable bonds is 4. The first kappa shape index (κ1) is 16.2. The van der Waals surface area contributed by atoms with Gasteiger partial charge < -0.3 is 13.7 Å². The van der Waals surface area contributed by atoms with Gasteiger partial charge in [-0.05, 0) is 18.2 Å². The molecule has 0 unspecified atom stereocenters. The Morgan fingerprint density at radius 1 is 1.00 bits per heavy atom. The number of carbonyl (C=O) groups is 2. The van der Waals surface area contributed by atoms with E-state index in [1.807, 2.05) is 0 Å². The third kappa shape index (κ3) is 4.65. The van der Waals surface area contributed by atoms with Crippen molar-refractivity contribution < 1.29 is 36.4 Å². The maximum absolute atomic E-state index is 12.0. The number of carbonyl (C=O) groups excluding carboxylic acids is 2. The van der Waals surface area contributed by atoms with Crippen molar-refractivity contribution in [2.45, 2.75) is 5.51 Å². The maximum Gasteiger partial charge on any atom is 0.479 e. The summed E-state index contributed by atoms with van der Waals surface area (Å²) in [6, 6.07) is 3.18. The average Bonchev–Trinajstić information content (AvgIpc) is 2.42. The molecule has 0 spiro atoms. The van der Waals surface area contributed by atoms with Gasteiger partial charge in [0, 0.05) is 0 Å². The predicted molar refractivity (Wildman–Crippen MR) is 63.4 cm³/mol. The van der Waals surface area contributed by atoms with E-state index >= 15 is 0 Å². The second kappa shape index (κ2) is 6.51. The Morgan fingerprint density at radius 2 is 1.45 bits per heavy atom. The van der Waals surface area contributed by atoms with Crippen LogP contribution >= 0.6 is 12.0 Å². The fourth-order valence-electron chi connectivity index (χ4n) is 1.21. The first-order valence-corrected chi connectivity index (χ1v) is 5.75. The number of hydrogen-bond acceptors (Lipinski definition) is 6. The molecule has 0 aromatic heterocycles. The molecule has 0 saturated heterocycles. The molecule has 0 saturated carbocycles. The van der Waals surface area contributed by atoms with E-state index in [9.17, 15) is 22.8 Å². The summed E-state index contributed by atoms with van der Waals surface area (Å²) in [5, 5.41) is 0.